The van der Waals surface area contributed by atoms with Gasteiger partial charge >= 0.3 is 0 Å². The van der Waals surface area contributed by atoms with Crippen LogP contribution in [0, 0.1) is 6.92 Å². The molecule has 0 unspecified atom stereocenters. The molecule has 0 atom stereocenters. The molecule has 1 saturated heterocycles. The fourth-order valence-corrected chi connectivity index (χ4v) is 3.06. The van der Waals surface area contributed by atoms with Gasteiger partial charge in [0, 0.05) is 30.9 Å². The highest BCUT2D eigenvalue weighted by molar-refractivity contribution is 5.94. The van der Waals surface area contributed by atoms with E-state index in [-0.39, 0.29) is 5.91 Å². The molecule has 1 aliphatic heterocycles. The SMILES string of the molecule is Cc1cccc(C(=O)NCCc2ccc(N3CCCC3)cc2)c1. The molecule has 1 heterocycles. The molecule has 3 nitrogen and oxygen atoms in total. The first-order chi connectivity index (χ1) is 11.2. The molecule has 2 aromatic carbocycles. The van der Waals surface area contributed by atoms with Crippen LogP contribution in [0.1, 0.15) is 34.3 Å². The molecule has 120 valence electrons. The van der Waals surface area contributed by atoms with Gasteiger partial charge in [-0.05, 0) is 56.0 Å². The Morgan fingerprint density at radius 2 is 1.83 bits per heavy atom. The van der Waals surface area contributed by atoms with Crippen molar-refractivity contribution in [3.63, 3.8) is 0 Å². The molecule has 3 rings (SSSR count). The summed E-state index contributed by atoms with van der Waals surface area (Å²) in [7, 11) is 0. The van der Waals surface area contributed by atoms with E-state index in [9.17, 15) is 4.79 Å². The maximum atomic E-state index is 12.1. The number of hydrogen-bond donors (Lipinski definition) is 1. The van der Waals surface area contributed by atoms with Crippen molar-refractivity contribution in [2.45, 2.75) is 26.2 Å². The van der Waals surface area contributed by atoms with Crippen LogP contribution in [0.2, 0.25) is 0 Å². The van der Waals surface area contributed by atoms with Gasteiger partial charge in [-0.25, -0.2) is 0 Å². The van der Waals surface area contributed by atoms with Crippen LogP contribution in [-0.4, -0.2) is 25.5 Å². The number of nitrogens with zero attached hydrogens (tertiary/aromatic N) is 1. The topological polar surface area (TPSA) is 32.3 Å². The summed E-state index contributed by atoms with van der Waals surface area (Å²) in [6.45, 7) is 5.01. The number of carbonyl (C=O) groups excluding carboxylic acids is 1. The molecule has 0 aliphatic carbocycles. The van der Waals surface area contributed by atoms with E-state index in [0.717, 1.165) is 17.5 Å². The summed E-state index contributed by atoms with van der Waals surface area (Å²) in [5, 5.41) is 3.00. The van der Waals surface area contributed by atoms with Gasteiger partial charge in [-0.3, -0.25) is 4.79 Å². The van der Waals surface area contributed by atoms with E-state index >= 15 is 0 Å². The van der Waals surface area contributed by atoms with Crippen LogP contribution in [0.5, 0.6) is 0 Å². The molecule has 3 heteroatoms. The van der Waals surface area contributed by atoms with E-state index in [1.807, 2.05) is 31.2 Å². The van der Waals surface area contributed by atoms with Crippen LogP contribution >= 0.6 is 0 Å². The maximum Gasteiger partial charge on any atom is 0.251 e. The number of amides is 1. The van der Waals surface area contributed by atoms with Crippen molar-refractivity contribution in [3.05, 3.63) is 65.2 Å². The second kappa shape index (κ2) is 7.32. The third-order valence-corrected chi connectivity index (χ3v) is 4.39. The first-order valence-electron chi connectivity index (χ1n) is 8.41. The van der Waals surface area contributed by atoms with Crippen LogP contribution in [0.4, 0.5) is 5.69 Å². The van der Waals surface area contributed by atoms with Crippen molar-refractivity contribution >= 4 is 11.6 Å². The maximum absolute atomic E-state index is 12.1. The number of nitrogens with one attached hydrogen (secondary N) is 1. The molecule has 0 bridgehead atoms. The lowest BCUT2D eigenvalue weighted by Crippen LogP contribution is -2.25. The molecule has 1 fully saturated rings. The monoisotopic (exact) mass is 308 g/mol. The predicted molar refractivity (Wildman–Crippen MR) is 95.1 cm³/mol. The lowest BCUT2D eigenvalue weighted by Gasteiger charge is -2.17. The first-order valence-corrected chi connectivity index (χ1v) is 8.41. The van der Waals surface area contributed by atoms with Crippen LogP contribution in [0.25, 0.3) is 0 Å². The van der Waals surface area contributed by atoms with Crippen molar-refractivity contribution in [2.24, 2.45) is 0 Å². The third-order valence-electron chi connectivity index (χ3n) is 4.39. The van der Waals surface area contributed by atoms with Crippen molar-refractivity contribution in [3.8, 4) is 0 Å². The summed E-state index contributed by atoms with van der Waals surface area (Å²) < 4.78 is 0. The summed E-state index contributed by atoms with van der Waals surface area (Å²) in [4.78, 5) is 14.5. The Labute approximate surface area is 138 Å². The Hall–Kier alpha value is -2.29. The number of rotatable bonds is 5. The Bertz CT molecular complexity index is 658. The van der Waals surface area contributed by atoms with Crippen LogP contribution < -0.4 is 10.2 Å². The van der Waals surface area contributed by atoms with Crippen LogP contribution in [0.3, 0.4) is 0 Å². The van der Waals surface area contributed by atoms with Crippen LogP contribution in [0.15, 0.2) is 48.5 Å². The van der Waals surface area contributed by atoms with E-state index in [0.29, 0.717) is 6.54 Å². The van der Waals surface area contributed by atoms with Gasteiger partial charge in [-0.1, -0.05) is 29.8 Å². The van der Waals surface area contributed by atoms with Crippen LogP contribution in [-0.2, 0) is 6.42 Å². The Morgan fingerprint density at radius 1 is 1.09 bits per heavy atom. The number of anilines is 1. The van der Waals surface area contributed by atoms with Gasteiger partial charge in [0.25, 0.3) is 5.91 Å². The average Bonchev–Trinajstić information content (AvgIpc) is 3.10. The molecule has 0 radical (unpaired) electrons. The molecule has 2 aromatic rings. The van der Waals surface area contributed by atoms with Gasteiger partial charge in [0.1, 0.15) is 0 Å². The molecule has 0 aromatic heterocycles. The summed E-state index contributed by atoms with van der Waals surface area (Å²) in [6, 6.07) is 16.4. The van der Waals surface area contributed by atoms with E-state index in [1.165, 1.54) is 37.2 Å². The summed E-state index contributed by atoms with van der Waals surface area (Å²) in [5.74, 6) is 0.00221. The average molecular weight is 308 g/mol. The highest BCUT2D eigenvalue weighted by atomic mass is 16.1. The molecule has 1 N–H and O–H groups in total. The van der Waals surface area contributed by atoms with Crippen molar-refractivity contribution in [2.75, 3.05) is 24.5 Å². The zero-order valence-corrected chi connectivity index (χ0v) is 13.7. The van der Waals surface area contributed by atoms with E-state index in [1.54, 1.807) is 0 Å². The minimum absolute atomic E-state index is 0.00221. The Balaban J connectivity index is 1.49. The molecule has 0 saturated carbocycles. The van der Waals surface area contributed by atoms with Gasteiger partial charge in [0.05, 0.1) is 0 Å². The minimum atomic E-state index is 0.00221. The predicted octanol–water partition coefficient (Wildman–Crippen LogP) is 3.57. The summed E-state index contributed by atoms with van der Waals surface area (Å²) in [6.07, 6.45) is 3.46. The van der Waals surface area contributed by atoms with Gasteiger partial charge in [-0.2, -0.15) is 0 Å². The fourth-order valence-electron chi connectivity index (χ4n) is 3.06. The lowest BCUT2D eigenvalue weighted by molar-refractivity contribution is 0.0954. The third kappa shape index (κ3) is 4.13. The smallest absolute Gasteiger partial charge is 0.251 e. The van der Waals surface area contributed by atoms with E-state index in [2.05, 4.69) is 34.5 Å². The number of aryl methyl sites for hydroxylation is 1. The number of carbonyl (C=O) groups is 1. The largest absolute Gasteiger partial charge is 0.372 e. The first kappa shape index (κ1) is 15.6. The van der Waals surface area contributed by atoms with Crippen molar-refractivity contribution in [1.29, 1.82) is 0 Å². The summed E-state index contributed by atoms with van der Waals surface area (Å²) >= 11 is 0. The van der Waals surface area contributed by atoms with Gasteiger partial charge in [-0.15, -0.1) is 0 Å². The molecule has 1 amide bonds. The Morgan fingerprint density at radius 3 is 2.52 bits per heavy atom. The molecule has 1 aliphatic rings. The fraction of sp³-hybridized carbons (Fsp3) is 0.350. The Kier molecular flexibility index (Phi) is 4.96. The lowest BCUT2D eigenvalue weighted by atomic mass is 10.1. The summed E-state index contributed by atoms with van der Waals surface area (Å²) in [5.41, 5.74) is 4.41. The number of benzene rings is 2. The molecule has 23 heavy (non-hydrogen) atoms. The zero-order chi connectivity index (χ0) is 16.1. The zero-order valence-electron chi connectivity index (χ0n) is 13.7. The molecular weight excluding hydrogens is 284 g/mol. The molecule has 0 spiro atoms. The minimum Gasteiger partial charge on any atom is -0.372 e. The standard InChI is InChI=1S/C20H24N2O/c1-16-5-4-6-18(15-16)20(23)21-12-11-17-7-9-19(10-8-17)22-13-2-3-14-22/h4-10,15H,2-3,11-14H2,1H3,(H,21,23). The normalized spacial score (nSPS) is 14.0. The highest BCUT2D eigenvalue weighted by Gasteiger charge is 2.11. The highest BCUT2D eigenvalue weighted by Crippen LogP contribution is 2.20. The van der Waals surface area contributed by atoms with E-state index in [4.69, 9.17) is 0 Å². The second-order valence-electron chi connectivity index (χ2n) is 6.24. The van der Waals surface area contributed by atoms with Gasteiger partial charge in [0.2, 0.25) is 0 Å². The van der Waals surface area contributed by atoms with Crippen molar-refractivity contribution in [1.82, 2.24) is 5.32 Å². The van der Waals surface area contributed by atoms with Gasteiger partial charge in [0.15, 0.2) is 0 Å². The van der Waals surface area contributed by atoms with E-state index < -0.39 is 0 Å². The number of hydrogen-bond acceptors (Lipinski definition) is 2. The quantitative estimate of drug-likeness (QED) is 0.916. The van der Waals surface area contributed by atoms with Crippen molar-refractivity contribution < 1.29 is 4.79 Å². The second-order valence-corrected chi connectivity index (χ2v) is 6.24. The van der Waals surface area contributed by atoms with Gasteiger partial charge < -0.3 is 10.2 Å². The molecular formula is C20H24N2O.